The summed E-state index contributed by atoms with van der Waals surface area (Å²) in [5.41, 5.74) is 9.65. The molecule has 5 aromatic heterocycles. The van der Waals surface area contributed by atoms with Crippen molar-refractivity contribution in [2.75, 3.05) is 0 Å². The second kappa shape index (κ2) is 13.8. The molecule has 7 nitrogen and oxygen atoms in total. The molecule has 0 spiro atoms. The van der Waals surface area contributed by atoms with Crippen molar-refractivity contribution >= 4 is 87.5 Å². The van der Waals surface area contributed by atoms with Crippen molar-refractivity contribution in [1.29, 1.82) is 0 Å². The average molecular weight is 856 g/mol. The Balaban J connectivity index is 1.00. The van der Waals surface area contributed by atoms with Gasteiger partial charge in [0.25, 0.3) is 0 Å². The second-order valence-electron chi connectivity index (χ2n) is 16.6. The third kappa shape index (κ3) is 5.25. The van der Waals surface area contributed by atoms with Crippen LogP contribution in [-0.2, 0) is 0 Å². The molecule has 14 rings (SSSR count). The molecule has 66 heavy (non-hydrogen) atoms. The summed E-state index contributed by atoms with van der Waals surface area (Å²) in [4.78, 5) is 15.5. The molecule has 0 aliphatic carbocycles. The quantitative estimate of drug-likeness (QED) is 0.172. The van der Waals surface area contributed by atoms with Gasteiger partial charge in [-0.15, -0.1) is 0 Å². The first-order chi connectivity index (χ1) is 32.6. The Morgan fingerprint density at radius 3 is 1.30 bits per heavy atom. The number of fused-ring (bicyclic) bond motifs is 12. The van der Waals surface area contributed by atoms with Gasteiger partial charge in [-0.3, -0.25) is 4.57 Å². The Bertz CT molecular complexity index is 4200. The van der Waals surface area contributed by atoms with E-state index in [2.05, 4.69) is 106 Å². The average Bonchev–Trinajstić information content (AvgIpc) is 4.13. The molecule has 310 valence electrons. The number of hydrogen-bond acceptors (Lipinski definition) is 5. The van der Waals surface area contributed by atoms with Gasteiger partial charge in [-0.1, -0.05) is 115 Å². The molecule has 0 unspecified atom stereocenters. The highest BCUT2D eigenvalue weighted by Crippen LogP contribution is 2.41. The lowest BCUT2D eigenvalue weighted by Gasteiger charge is -2.11. The van der Waals surface area contributed by atoms with Gasteiger partial charge in [-0.2, -0.15) is 9.97 Å². The third-order valence-electron chi connectivity index (χ3n) is 13.0. The van der Waals surface area contributed by atoms with Gasteiger partial charge in [-0.25, -0.2) is 13.8 Å². The number of hydrogen-bond donors (Lipinski definition) is 0. The van der Waals surface area contributed by atoms with Crippen LogP contribution in [0.4, 0.5) is 8.78 Å². The van der Waals surface area contributed by atoms with Gasteiger partial charge in [0.15, 0.2) is 34.4 Å². The van der Waals surface area contributed by atoms with E-state index < -0.39 is 11.6 Å². The van der Waals surface area contributed by atoms with Crippen molar-refractivity contribution in [3.05, 3.63) is 200 Å². The minimum atomic E-state index is -0.459. The molecule has 9 aromatic carbocycles. The lowest BCUT2D eigenvalue weighted by Crippen LogP contribution is -2.06. The van der Waals surface area contributed by atoms with Crippen molar-refractivity contribution in [3.63, 3.8) is 0 Å². The van der Waals surface area contributed by atoms with Crippen LogP contribution in [0.5, 0.6) is 0 Å². The maximum atomic E-state index is 15.2. The molecule has 0 aliphatic rings. The highest BCUT2D eigenvalue weighted by atomic mass is 19.1. The first-order valence-corrected chi connectivity index (χ1v) is 21.6. The number of rotatable bonds is 5. The summed E-state index contributed by atoms with van der Waals surface area (Å²) in [6.45, 7) is 0. The molecular formula is C57H31F2N5O2. The Hall–Kier alpha value is -8.95. The largest absolute Gasteiger partial charge is 0.452 e. The molecule has 0 amide bonds. The predicted octanol–water partition coefficient (Wildman–Crippen LogP) is 15.1. The normalized spacial score (nSPS) is 12.1. The third-order valence-corrected chi connectivity index (χ3v) is 13.0. The van der Waals surface area contributed by atoms with E-state index in [1.165, 1.54) is 22.9 Å². The predicted molar refractivity (Wildman–Crippen MR) is 259 cm³/mol. The number of furan rings is 2. The fourth-order valence-corrected chi connectivity index (χ4v) is 10.0. The van der Waals surface area contributed by atoms with Crippen LogP contribution in [0.1, 0.15) is 0 Å². The van der Waals surface area contributed by atoms with E-state index in [0.29, 0.717) is 50.7 Å². The molecule has 5 heterocycles. The topological polar surface area (TPSA) is 74.8 Å². The molecule has 9 heteroatoms. The smallest absolute Gasteiger partial charge is 0.238 e. The van der Waals surface area contributed by atoms with Gasteiger partial charge in [-0.05, 0) is 83.9 Å². The number of halogens is 2. The van der Waals surface area contributed by atoms with E-state index in [9.17, 15) is 0 Å². The van der Waals surface area contributed by atoms with Crippen LogP contribution in [-0.4, -0.2) is 24.1 Å². The first kappa shape index (κ1) is 36.5. The number of nitrogens with zero attached hydrogens (tertiary/aromatic N) is 5. The van der Waals surface area contributed by atoms with Crippen molar-refractivity contribution < 1.29 is 17.6 Å². The molecular weight excluding hydrogens is 825 g/mol. The van der Waals surface area contributed by atoms with Crippen molar-refractivity contribution in [2.24, 2.45) is 0 Å². The van der Waals surface area contributed by atoms with Gasteiger partial charge in [0.05, 0.1) is 33.2 Å². The maximum absolute atomic E-state index is 15.2. The van der Waals surface area contributed by atoms with E-state index in [1.54, 1.807) is 12.1 Å². The minimum Gasteiger partial charge on any atom is -0.452 e. The van der Waals surface area contributed by atoms with Crippen LogP contribution in [0.15, 0.2) is 197 Å². The molecule has 0 bridgehead atoms. The van der Waals surface area contributed by atoms with Crippen molar-refractivity contribution in [1.82, 2.24) is 24.1 Å². The number of para-hydroxylation sites is 7. The zero-order chi connectivity index (χ0) is 43.6. The van der Waals surface area contributed by atoms with Gasteiger partial charge in [0.2, 0.25) is 5.95 Å². The highest BCUT2D eigenvalue weighted by molar-refractivity contribution is 6.14. The Kier molecular flexibility index (Phi) is 7.62. The Labute approximate surface area is 373 Å². The van der Waals surface area contributed by atoms with E-state index >= 15 is 8.78 Å². The van der Waals surface area contributed by atoms with E-state index in [4.69, 9.17) is 23.8 Å². The van der Waals surface area contributed by atoms with Crippen molar-refractivity contribution in [2.45, 2.75) is 0 Å². The molecule has 14 aromatic rings. The number of benzene rings is 9. The molecule has 0 atom stereocenters. The van der Waals surface area contributed by atoms with Crippen molar-refractivity contribution in [3.8, 4) is 45.5 Å². The van der Waals surface area contributed by atoms with Crippen LogP contribution in [0.2, 0.25) is 0 Å². The van der Waals surface area contributed by atoms with Crippen LogP contribution in [0, 0.1) is 11.6 Å². The van der Waals surface area contributed by atoms with Gasteiger partial charge in [0, 0.05) is 48.8 Å². The van der Waals surface area contributed by atoms with Gasteiger partial charge >= 0.3 is 0 Å². The van der Waals surface area contributed by atoms with Crippen LogP contribution in [0.3, 0.4) is 0 Å². The second-order valence-corrected chi connectivity index (χ2v) is 16.6. The zero-order valence-corrected chi connectivity index (χ0v) is 34.7. The van der Waals surface area contributed by atoms with E-state index in [0.717, 1.165) is 60.4 Å². The van der Waals surface area contributed by atoms with Gasteiger partial charge in [0.1, 0.15) is 11.2 Å². The zero-order valence-electron chi connectivity index (χ0n) is 34.7. The summed E-state index contributed by atoms with van der Waals surface area (Å²) in [6.07, 6.45) is 0. The molecule has 0 saturated carbocycles. The summed E-state index contributed by atoms with van der Waals surface area (Å²) in [7, 11) is 0. The van der Waals surface area contributed by atoms with Gasteiger partial charge < -0.3 is 13.4 Å². The summed E-state index contributed by atoms with van der Waals surface area (Å²) in [5.74, 6) is 0.0513. The monoisotopic (exact) mass is 855 g/mol. The Morgan fingerprint density at radius 1 is 0.333 bits per heavy atom. The standard InChI is InChI=1S/C57H31F2N5O2/c58-45-22-10-18-39-37-16-8-20-41(51(37)65-53(39)45)55-60-56(42-21-9-17-38-40-19-11-23-46(59)54(40)66-52(38)42)62-57(61-55)64-48-25-7-5-15-36(48)44-31-33(27-29-50(44)64)32-26-28-49-43(30-32)35-14-4-6-24-47(35)63(49)34-12-2-1-3-13-34/h1-31H. The minimum absolute atomic E-state index is 0.155. The van der Waals surface area contributed by atoms with E-state index in [-0.39, 0.29) is 11.2 Å². The van der Waals surface area contributed by atoms with Crippen LogP contribution >= 0.6 is 0 Å². The Morgan fingerprint density at radius 2 is 0.758 bits per heavy atom. The SMILES string of the molecule is Fc1cccc2c1oc1c(-c3nc(-c4cccc5c4oc4c(F)cccc45)nc(-n4c5ccccc5c5cc(-c6ccc7c(c6)c6ccccc6n7-c6ccccc6)ccc54)n3)cccc12. The molecule has 0 fully saturated rings. The summed E-state index contributed by atoms with van der Waals surface area (Å²) >= 11 is 0. The molecule has 0 N–H and O–H groups in total. The lowest BCUT2D eigenvalue weighted by molar-refractivity contribution is 0.584. The van der Waals surface area contributed by atoms with Crippen LogP contribution in [0.25, 0.3) is 133 Å². The molecule has 0 radical (unpaired) electrons. The highest BCUT2D eigenvalue weighted by Gasteiger charge is 2.24. The molecule has 0 aliphatic heterocycles. The molecule has 0 saturated heterocycles. The maximum Gasteiger partial charge on any atom is 0.238 e. The summed E-state index contributed by atoms with van der Waals surface area (Å²) in [5, 5.41) is 7.14. The summed E-state index contributed by atoms with van der Waals surface area (Å²) < 4.78 is 47.4. The fourth-order valence-electron chi connectivity index (χ4n) is 10.0. The fraction of sp³-hybridized carbons (Fsp3) is 0. The lowest BCUT2D eigenvalue weighted by atomic mass is 10.0. The van der Waals surface area contributed by atoms with Crippen LogP contribution < -0.4 is 0 Å². The number of aromatic nitrogens is 5. The first-order valence-electron chi connectivity index (χ1n) is 21.6. The van der Waals surface area contributed by atoms with E-state index in [1.807, 2.05) is 66.7 Å². The summed E-state index contributed by atoms with van der Waals surface area (Å²) in [6, 6.07) is 61.6.